The highest BCUT2D eigenvalue weighted by molar-refractivity contribution is 5.76. The van der Waals surface area contributed by atoms with Crippen molar-refractivity contribution in [1.29, 1.82) is 0 Å². The Balaban J connectivity index is 1.93. The second-order valence-electron chi connectivity index (χ2n) is 4.84. The van der Waals surface area contributed by atoms with E-state index in [0.29, 0.717) is 17.6 Å². The average molecular weight is 260 g/mol. The van der Waals surface area contributed by atoms with Crippen LogP contribution in [0.4, 0.5) is 0 Å². The lowest BCUT2D eigenvalue weighted by atomic mass is 10.2. The van der Waals surface area contributed by atoms with Crippen molar-refractivity contribution in [1.82, 2.24) is 19.9 Å². The van der Waals surface area contributed by atoms with Crippen molar-refractivity contribution in [3.05, 3.63) is 34.6 Å². The molecule has 0 bridgehead atoms. The summed E-state index contributed by atoms with van der Waals surface area (Å²) in [6.45, 7) is 1.39. The molecule has 1 aliphatic heterocycles. The fourth-order valence-electron chi connectivity index (χ4n) is 2.58. The molecule has 1 aliphatic rings. The molecule has 1 aromatic carbocycles. The largest absolute Gasteiger partial charge is 0.395 e. The van der Waals surface area contributed by atoms with E-state index >= 15 is 0 Å². The van der Waals surface area contributed by atoms with Gasteiger partial charge in [-0.25, -0.2) is 0 Å². The summed E-state index contributed by atoms with van der Waals surface area (Å²) in [5.74, 6) is 0. The number of aliphatic hydroxyl groups is 1. The zero-order chi connectivity index (χ0) is 13.2. The molecule has 100 valence electrons. The van der Waals surface area contributed by atoms with Crippen LogP contribution in [0.5, 0.6) is 0 Å². The number of hydrogen-bond acceptors (Lipinski definition) is 5. The lowest BCUT2D eigenvalue weighted by Crippen LogP contribution is -2.38. The van der Waals surface area contributed by atoms with Crippen LogP contribution in [0.3, 0.4) is 0 Å². The van der Waals surface area contributed by atoms with Crippen LogP contribution in [-0.2, 0) is 6.67 Å². The van der Waals surface area contributed by atoms with Gasteiger partial charge in [0.15, 0.2) is 0 Å². The smallest absolute Gasteiger partial charge is 0.278 e. The molecule has 0 aliphatic carbocycles. The first-order valence-corrected chi connectivity index (χ1v) is 6.47. The van der Waals surface area contributed by atoms with Crippen molar-refractivity contribution in [2.75, 3.05) is 13.2 Å². The molecule has 19 heavy (non-hydrogen) atoms. The normalized spacial score (nSPS) is 20.2. The number of likely N-dealkylation sites (tertiary alicyclic amines) is 1. The maximum atomic E-state index is 12.3. The summed E-state index contributed by atoms with van der Waals surface area (Å²) in [7, 11) is 0. The lowest BCUT2D eigenvalue weighted by molar-refractivity contribution is 0.123. The third kappa shape index (κ3) is 2.24. The van der Waals surface area contributed by atoms with Gasteiger partial charge in [0.1, 0.15) is 5.52 Å². The van der Waals surface area contributed by atoms with Gasteiger partial charge >= 0.3 is 0 Å². The molecule has 1 unspecified atom stereocenters. The minimum atomic E-state index is -0.130. The monoisotopic (exact) mass is 260 g/mol. The summed E-state index contributed by atoms with van der Waals surface area (Å²) in [4.78, 5) is 14.4. The Bertz CT molecular complexity index is 640. The second-order valence-corrected chi connectivity index (χ2v) is 4.84. The SMILES string of the molecule is O=c1c2ccccc2nnn1CN1CCCC1CO. The number of hydrogen-bond donors (Lipinski definition) is 1. The summed E-state index contributed by atoms with van der Waals surface area (Å²) in [5, 5.41) is 17.9. The minimum absolute atomic E-state index is 0.121. The van der Waals surface area contributed by atoms with Crippen LogP contribution in [0.1, 0.15) is 12.8 Å². The minimum Gasteiger partial charge on any atom is -0.395 e. The maximum absolute atomic E-state index is 12.3. The summed E-state index contributed by atoms with van der Waals surface area (Å²) < 4.78 is 1.37. The summed E-state index contributed by atoms with van der Waals surface area (Å²) in [5.41, 5.74) is 0.484. The van der Waals surface area contributed by atoms with E-state index in [9.17, 15) is 9.90 Å². The quantitative estimate of drug-likeness (QED) is 0.854. The molecule has 0 spiro atoms. The van der Waals surface area contributed by atoms with Crippen molar-refractivity contribution in [3.63, 3.8) is 0 Å². The maximum Gasteiger partial charge on any atom is 0.278 e. The van der Waals surface area contributed by atoms with Crippen LogP contribution < -0.4 is 5.56 Å². The van der Waals surface area contributed by atoms with Gasteiger partial charge in [-0.1, -0.05) is 17.3 Å². The zero-order valence-electron chi connectivity index (χ0n) is 10.6. The summed E-state index contributed by atoms with van der Waals surface area (Å²) >= 11 is 0. The topological polar surface area (TPSA) is 71.2 Å². The molecule has 1 saturated heterocycles. The van der Waals surface area contributed by atoms with Crippen molar-refractivity contribution in [2.45, 2.75) is 25.6 Å². The summed E-state index contributed by atoms with van der Waals surface area (Å²) in [6.07, 6.45) is 2.01. The van der Waals surface area contributed by atoms with Gasteiger partial charge in [-0.3, -0.25) is 9.69 Å². The van der Waals surface area contributed by atoms with Crippen molar-refractivity contribution < 1.29 is 5.11 Å². The van der Waals surface area contributed by atoms with Crippen LogP contribution in [0.2, 0.25) is 0 Å². The van der Waals surface area contributed by atoms with E-state index in [1.165, 1.54) is 4.68 Å². The Morgan fingerprint density at radius 1 is 1.37 bits per heavy atom. The molecule has 1 atom stereocenters. The van der Waals surface area contributed by atoms with Gasteiger partial charge in [0.25, 0.3) is 5.56 Å². The molecule has 0 saturated carbocycles. The van der Waals surface area contributed by atoms with Crippen molar-refractivity contribution in [2.24, 2.45) is 0 Å². The fourth-order valence-corrected chi connectivity index (χ4v) is 2.58. The molecule has 6 heteroatoms. The molecular formula is C13H16N4O2. The van der Waals surface area contributed by atoms with Gasteiger partial charge < -0.3 is 5.11 Å². The van der Waals surface area contributed by atoms with Crippen LogP contribution in [-0.4, -0.2) is 44.2 Å². The number of aromatic nitrogens is 3. The standard InChI is InChI=1S/C13H16N4O2/c18-8-10-4-3-7-16(10)9-17-13(19)11-5-1-2-6-12(11)14-15-17/h1-2,5-6,10,18H,3-4,7-9H2. The van der Waals surface area contributed by atoms with Crippen LogP contribution >= 0.6 is 0 Å². The zero-order valence-corrected chi connectivity index (χ0v) is 10.6. The molecule has 2 heterocycles. The molecule has 1 aromatic heterocycles. The number of benzene rings is 1. The van der Waals surface area contributed by atoms with E-state index in [4.69, 9.17) is 0 Å². The van der Waals surface area contributed by atoms with Crippen molar-refractivity contribution >= 4 is 10.9 Å². The Morgan fingerprint density at radius 2 is 2.21 bits per heavy atom. The number of rotatable bonds is 3. The molecule has 2 aromatic rings. The Labute approximate surface area is 110 Å². The van der Waals surface area contributed by atoms with Gasteiger partial charge in [-0.2, -0.15) is 4.68 Å². The molecule has 6 nitrogen and oxygen atoms in total. The Hall–Kier alpha value is -1.79. The molecule has 0 amide bonds. The van der Waals surface area contributed by atoms with E-state index < -0.39 is 0 Å². The Kier molecular flexibility index (Phi) is 3.27. The summed E-state index contributed by atoms with van der Waals surface area (Å²) in [6, 6.07) is 7.32. The van der Waals surface area contributed by atoms with E-state index in [0.717, 1.165) is 19.4 Å². The highest BCUT2D eigenvalue weighted by Gasteiger charge is 2.24. The Morgan fingerprint density at radius 3 is 3.05 bits per heavy atom. The molecule has 3 rings (SSSR count). The van der Waals surface area contributed by atoms with Crippen LogP contribution in [0.15, 0.2) is 29.1 Å². The van der Waals surface area contributed by atoms with Crippen LogP contribution in [0.25, 0.3) is 10.9 Å². The van der Waals surface area contributed by atoms with Gasteiger partial charge in [0.05, 0.1) is 18.7 Å². The van der Waals surface area contributed by atoms with Gasteiger partial charge in [0.2, 0.25) is 0 Å². The molecule has 1 fully saturated rings. The highest BCUT2D eigenvalue weighted by Crippen LogP contribution is 2.16. The average Bonchev–Trinajstić information content (AvgIpc) is 2.89. The van der Waals surface area contributed by atoms with Crippen molar-refractivity contribution in [3.8, 4) is 0 Å². The number of aliphatic hydroxyl groups excluding tert-OH is 1. The first-order valence-electron chi connectivity index (χ1n) is 6.47. The second kappa shape index (κ2) is 5.07. The molecule has 0 radical (unpaired) electrons. The van der Waals surface area contributed by atoms with Crippen LogP contribution in [0, 0.1) is 0 Å². The molecular weight excluding hydrogens is 244 g/mol. The predicted octanol–water partition coefficient (Wildman–Crippen LogP) is 0.206. The predicted molar refractivity (Wildman–Crippen MR) is 70.6 cm³/mol. The molecule has 1 N–H and O–H groups in total. The number of nitrogens with zero attached hydrogens (tertiary/aromatic N) is 4. The number of fused-ring (bicyclic) bond motifs is 1. The first-order chi connectivity index (χ1) is 9.29. The van der Waals surface area contributed by atoms with E-state index in [1.54, 1.807) is 12.1 Å². The first kappa shape index (κ1) is 12.3. The van der Waals surface area contributed by atoms with Gasteiger partial charge in [-0.05, 0) is 25.0 Å². The van der Waals surface area contributed by atoms with Gasteiger partial charge in [-0.15, -0.1) is 5.10 Å². The fraction of sp³-hybridized carbons (Fsp3) is 0.462. The van der Waals surface area contributed by atoms with E-state index in [1.807, 2.05) is 12.1 Å². The third-order valence-corrected chi connectivity index (χ3v) is 3.65. The third-order valence-electron chi connectivity index (χ3n) is 3.65. The van der Waals surface area contributed by atoms with E-state index in [-0.39, 0.29) is 18.2 Å². The lowest BCUT2D eigenvalue weighted by Gasteiger charge is -2.22. The van der Waals surface area contributed by atoms with E-state index in [2.05, 4.69) is 15.2 Å². The highest BCUT2D eigenvalue weighted by atomic mass is 16.3. The van der Waals surface area contributed by atoms with Gasteiger partial charge in [0, 0.05) is 12.6 Å².